The van der Waals surface area contributed by atoms with Crippen molar-refractivity contribution in [2.75, 3.05) is 30.5 Å². The summed E-state index contributed by atoms with van der Waals surface area (Å²) in [4.78, 5) is 35.7. The lowest BCUT2D eigenvalue weighted by atomic mass is 10.1. The Hall–Kier alpha value is -3.74. The van der Waals surface area contributed by atoms with Crippen LogP contribution in [0, 0.1) is 0 Å². The number of hydrogen-bond acceptors (Lipinski definition) is 10. The first-order chi connectivity index (χ1) is 16.6. The van der Waals surface area contributed by atoms with Crippen LogP contribution in [-0.4, -0.2) is 52.2 Å². The van der Waals surface area contributed by atoms with Gasteiger partial charge in [0.1, 0.15) is 28.9 Å². The number of ether oxygens (including phenoxy) is 2. The van der Waals surface area contributed by atoms with Crippen LogP contribution >= 0.6 is 22.7 Å². The minimum atomic E-state index is -0.391. The number of benzene rings is 1. The van der Waals surface area contributed by atoms with Crippen LogP contribution in [0.15, 0.2) is 48.0 Å². The highest BCUT2D eigenvalue weighted by Crippen LogP contribution is 2.37. The fourth-order valence-electron chi connectivity index (χ4n) is 3.34. The van der Waals surface area contributed by atoms with Crippen LogP contribution in [0.5, 0.6) is 5.75 Å². The molecule has 1 aromatic carbocycles. The molecule has 0 radical (unpaired) electrons. The van der Waals surface area contributed by atoms with Crippen LogP contribution in [0.25, 0.3) is 22.0 Å². The molecule has 1 aliphatic rings. The minimum absolute atomic E-state index is 0.142. The van der Waals surface area contributed by atoms with Crippen LogP contribution in [0.2, 0.25) is 0 Å². The lowest BCUT2D eigenvalue weighted by Crippen LogP contribution is -2.43. The number of fused-ring (bicyclic) bond motifs is 1. The molecule has 4 aromatic rings. The molecule has 0 bridgehead atoms. The van der Waals surface area contributed by atoms with E-state index in [1.165, 1.54) is 27.6 Å². The van der Waals surface area contributed by atoms with Gasteiger partial charge in [0.15, 0.2) is 6.61 Å². The average molecular weight is 495 g/mol. The van der Waals surface area contributed by atoms with E-state index in [2.05, 4.69) is 25.5 Å². The van der Waals surface area contributed by atoms with E-state index in [1.54, 1.807) is 25.4 Å². The van der Waals surface area contributed by atoms with Gasteiger partial charge < -0.3 is 9.47 Å². The van der Waals surface area contributed by atoms with E-state index in [4.69, 9.17) is 9.47 Å². The summed E-state index contributed by atoms with van der Waals surface area (Å²) < 4.78 is 10.6. The number of hydrogen-bond donors (Lipinski definition) is 1. The van der Waals surface area contributed by atoms with E-state index < -0.39 is 5.91 Å². The van der Waals surface area contributed by atoms with Gasteiger partial charge in [-0.3, -0.25) is 24.8 Å². The Morgan fingerprint density at radius 1 is 1.24 bits per heavy atom. The van der Waals surface area contributed by atoms with Crippen LogP contribution < -0.4 is 15.0 Å². The summed E-state index contributed by atoms with van der Waals surface area (Å²) in [6, 6.07) is 11.1. The summed E-state index contributed by atoms with van der Waals surface area (Å²) in [5.41, 5.74) is 2.84. The molecule has 4 heterocycles. The molecule has 0 unspecified atom stereocenters. The number of nitrogens with one attached hydrogen (secondary N) is 1. The standard InChI is InChI=1S/C22H18N6O4S2/c1-31-10-19-26-27-22(34-19)25-18(29)9-28-16-8-13(5-6-17(16)32-11-20(28)30)15-12-33-21(24-15)14-4-2-3-7-23-14/h2-8,12H,9-11H2,1H3,(H,25,27,29). The molecule has 10 nitrogen and oxygen atoms in total. The van der Waals surface area contributed by atoms with Crippen molar-refractivity contribution in [3.8, 4) is 27.7 Å². The summed E-state index contributed by atoms with van der Waals surface area (Å²) in [6.45, 7) is -0.0185. The molecule has 3 aromatic heterocycles. The molecule has 2 amide bonds. The molecule has 0 atom stereocenters. The van der Waals surface area contributed by atoms with Crippen molar-refractivity contribution in [3.63, 3.8) is 0 Å². The van der Waals surface area contributed by atoms with Crippen LogP contribution in [0.4, 0.5) is 10.8 Å². The molecular weight excluding hydrogens is 476 g/mol. The van der Waals surface area contributed by atoms with Gasteiger partial charge in [0, 0.05) is 24.3 Å². The Kier molecular flexibility index (Phi) is 6.25. The van der Waals surface area contributed by atoms with E-state index in [9.17, 15) is 9.59 Å². The Labute approximate surface area is 202 Å². The smallest absolute Gasteiger partial charge is 0.265 e. The molecule has 0 saturated carbocycles. The first-order valence-electron chi connectivity index (χ1n) is 10.2. The highest BCUT2D eigenvalue weighted by atomic mass is 32.1. The van der Waals surface area contributed by atoms with Gasteiger partial charge in [-0.15, -0.1) is 21.5 Å². The zero-order valence-corrected chi connectivity index (χ0v) is 19.6. The van der Waals surface area contributed by atoms with Gasteiger partial charge in [0.05, 0.1) is 17.1 Å². The Bertz CT molecular complexity index is 1340. The van der Waals surface area contributed by atoms with Crippen molar-refractivity contribution in [2.45, 2.75) is 6.61 Å². The molecule has 0 fully saturated rings. The number of methoxy groups -OCH3 is 1. The molecule has 12 heteroatoms. The highest BCUT2D eigenvalue weighted by molar-refractivity contribution is 7.15. The molecule has 0 aliphatic carbocycles. The molecule has 34 heavy (non-hydrogen) atoms. The zero-order chi connectivity index (χ0) is 23.5. The predicted molar refractivity (Wildman–Crippen MR) is 128 cm³/mol. The Balaban J connectivity index is 1.37. The fourth-order valence-corrected chi connectivity index (χ4v) is 4.87. The second kappa shape index (κ2) is 9.63. The first-order valence-corrected chi connectivity index (χ1v) is 11.9. The lowest BCUT2D eigenvalue weighted by Gasteiger charge is -2.29. The van der Waals surface area contributed by atoms with E-state index in [1.807, 2.05) is 29.6 Å². The molecule has 172 valence electrons. The van der Waals surface area contributed by atoms with Crippen molar-refractivity contribution in [2.24, 2.45) is 0 Å². The molecular formula is C22H18N6O4S2. The summed E-state index contributed by atoms with van der Waals surface area (Å²) in [5.74, 6) is -0.183. The monoisotopic (exact) mass is 494 g/mol. The maximum atomic E-state index is 12.7. The minimum Gasteiger partial charge on any atom is -0.482 e. The predicted octanol–water partition coefficient (Wildman–Crippen LogP) is 3.23. The van der Waals surface area contributed by atoms with Gasteiger partial charge >= 0.3 is 0 Å². The van der Waals surface area contributed by atoms with Gasteiger partial charge in [0.2, 0.25) is 11.0 Å². The third kappa shape index (κ3) is 4.64. The van der Waals surface area contributed by atoms with E-state index >= 15 is 0 Å². The third-order valence-electron chi connectivity index (χ3n) is 4.87. The lowest BCUT2D eigenvalue weighted by molar-refractivity contribution is -0.123. The largest absolute Gasteiger partial charge is 0.482 e. The van der Waals surface area contributed by atoms with E-state index in [0.717, 1.165) is 22.0 Å². The summed E-state index contributed by atoms with van der Waals surface area (Å²) >= 11 is 2.70. The topological polar surface area (TPSA) is 119 Å². The quantitative estimate of drug-likeness (QED) is 0.416. The van der Waals surface area contributed by atoms with Gasteiger partial charge in [-0.2, -0.15) is 0 Å². The number of carbonyl (C=O) groups excluding carboxylic acids is 2. The van der Waals surface area contributed by atoms with Crippen LogP contribution in [0.3, 0.4) is 0 Å². The van der Waals surface area contributed by atoms with E-state index in [-0.39, 0.29) is 19.1 Å². The SMILES string of the molecule is COCc1nnc(NC(=O)CN2C(=O)COc3ccc(-c4csc(-c5ccccn5)n4)cc32)s1. The third-order valence-corrected chi connectivity index (χ3v) is 6.55. The number of pyridine rings is 1. The number of amides is 2. The number of nitrogens with zero attached hydrogens (tertiary/aromatic N) is 5. The highest BCUT2D eigenvalue weighted by Gasteiger charge is 2.28. The van der Waals surface area contributed by atoms with Crippen LogP contribution in [0.1, 0.15) is 5.01 Å². The maximum Gasteiger partial charge on any atom is 0.265 e. The summed E-state index contributed by atoms with van der Waals surface area (Å²) in [6.07, 6.45) is 1.72. The molecule has 0 saturated heterocycles. The van der Waals surface area contributed by atoms with Gasteiger partial charge in [-0.25, -0.2) is 4.98 Å². The summed E-state index contributed by atoms with van der Waals surface area (Å²) in [5, 5.41) is 14.3. The first kappa shape index (κ1) is 22.1. The number of anilines is 2. The van der Waals surface area contributed by atoms with Gasteiger partial charge in [-0.05, 0) is 30.3 Å². The van der Waals surface area contributed by atoms with Crippen LogP contribution in [-0.2, 0) is 20.9 Å². The number of aromatic nitrogens is 4. The van der Waals surface area contributed by atoms with Crippen molar-refractivity contribution in [1.29, 1.82) is 0 Å². The number of carbonyl (C=O) groups is 2. The molecule has 5 rings (SSSR count). The maximum absolute atomic E-state index is 12.7. The van der Waals surface area contributed by atoms with Gasteiger partial charge in [0.25, 0.3) is 5.91 Å². The average Bonchev–Trinajstić information content (AvgIpc) is 3.52. The van der Waals surface area contributed by atoms with Crippen molar-refractivity contribution >= 4 is 45.3 Å². The van der Waals surface area contributed by atoms with Crippen molar-refractivity contribution in [1.82, 2.24) is 20.2 Å². The normalized spacial score (nSPS) is 12.9. The molecule has 1 N–H and O–H groups in total. The second-order valence-corrected chi connectivity index (χ2v) is 9.11. The van der Waals surface area contributed by atoms with E-state index in [0.29, 0.717) is 28.2 Å². The van der Waals surface area contributed by atoms with Crippen molar-refractivity contribution in [3.05, 3.63) is 53.0 Å². The number of rotatable bonds is 7. The molecule has 1 aliphatic heterocycles. The Morgan fingerprint density at radius 3 is 2.97 bits per heavy atom. The summed E-state index contributed by atoms with van der Waals surface area (Å²) in [7, 11) is 1.56. The second-order valence-electron chi connectivity index (χ2n) is 7.19. The fraction of sp³-hybridized carbons (Fsp3) is 0.182. The number of thiazole rings is 1. The van der Waals surface area contributed by atoms with Crippen molar-refractivity contribution < 1.29 is 19.1 Å². The zero-order valence-electron chi connectivity index (χ0n) is 17.9. The Morgan fingerprint density at radius 2 is 2.15 bits per heavy atom. The molecule has 0 spiro atoms. The van der Waals surface area contributed by atoms with Gasteiger partial charge in [-0.1, -0.05) is 17.4 Å².